The summed E-state index contributed by atoms with van der Waals surface area (Å²) in [5, 5.41) is 3.18. The fourth-order valence-electron chi connectivity index (χ4n) is 1.89. The van der Waals surface area contributed by atoms with Crippen LogP contribution in [0.15, 0.2) is 24.3 Å². The molecule has 0 radical (unpaired) electrons. The monoisotopic (exact) mass is 295 g/mol. The molecule has 4 amide bonds. The van der Waals surface area contributed by atoms with Gasteiger partial charge in [-0.05, 0) is 18.2 Å². The molecule has 0 unspecified atom stereocenters. The Morgan fingerprint density at radius 1 is 1.40 bits per heavy atom. The van der Waals surface area contributed by atoms with Crippen LogP contribution in [0.3, 0.4) is 0 Å². The predicted molar refractivity (Wildman–Crippen MR) is 74.4 cm³/mol. The first-order chi connectivity index (χ1) is 9.47. The van der Waals surface area contributed by atoms with Gasteiger partial charge in [0.2, 0.25) is 11.8 Å². The molecule has 1 fully saturated rings. The van der Waals surface area contributed by atoms with Crippen molar-refractivity contribution in [2.24, 2.45) is 0 Å². The zero-order valence-electron chi connectivity index (χ0n) is 10.9. The summed E-state index contributed by atoms with van der Waals surface area (Å²) in [6, 6.07) is 6.39. The Morgan fingerprint density at radius 2 is 2.15 bits per heavy atom. The van der Waals surface area contributed by atoms with Gasteiger partial charge in [0.15, 0.2) is 0 Å². The van der Waals surface area contributed by atoms with Crippen LogP contribution in [-0.2, 0) is 9.59 Å². The lowest BCUT2D eigenvalue weighted by molar-refractivity contribution is -0.125. The van der Waals surface area contributed by atoms with E-state index in [-0.39, 0.29) is 37.4 Å². The number of nitrogens with zero attached hydrogens (tertiary/aromatic N) is 2. The lowest BCUT2D eigenvalue weighted by Crippen LogP contribution is -2.34. The molecular formula is C13H14ClN3O3. The van der Waals surface area contributed by atoms with E-state index in [0.717, 1.165) is 4.90 Å². The van der Waals surface area contributed by atoms with E-state index in [9.17, 15) is 14.4 Å². The van der Waals surface area contributed by atoms with E-state index < -0.39 is 0 Å². The zero-order valence-corrected chi connectivity index (χ0v) is 11.7. The molecular weight excluding hydrogens is 282 g/mol. The van der Waals surface area contributed by atoms with Gasteiger partial charge in [-0.1, -0.05) is 17.7 Å². The number of urea groups is 1. The maximum absolute atomic E-state index is 11.8. The van der Waals surface area contributed by atoms with Crippen LogP contribution in [0.25, 0.3) is 0 Å². The largest absolute Gasteiger partial charge is 0.326 e. The molecule has 1 aromatic carbocycles. The maximum Gasteiger partial charge on any atom is 0.326 e. The van der Waals surface area contributed by atoms with Gasteiger partial charge in [0.05, 0.1) is 0 Å². The minimum Gasteiger partial charge on any atom is -0.326 e. The SMILES string of the molecule is CN1CC(=O)N(CCC(=O)Nc2cccc(Cl)c2)C1=O. The van der Waals surface area contributed by atoms with Crippen molar-refractivity contribution in [3.8, 4) is 0 Å². The van der Waals surface area contributed by atoms with Crippen molar-refractivity contribution in [1.82, 2.24) is 9.80 Å². The Bertz CT molecular complexity index is 562. The maximum atomic E-state index is 11.8. The molecule has 1 aliphatic heterocycles. The molecule has 1 aliphatic rings. The van der Waals surface area contributed by atoms with Crippen LogP contribution in [-0.4, -0.2) is 47.8 Å². The molecule has 0 bridgehead atoms. The molecule has 1 heterocycles. The predicted octanol–water partition coefficient (Wildman–Crippen LogP) is 1.56. The first kappa shape index (κ1) is 14.3. The van der Waals surface area contributed by atoms with Crippen LogP contribution in [0.4, 0.5) is 10.5 Å². The molecule has 0 saturated carbocycles. The third kappa shape index (κ3) is 3.27. The molecule has 0 aromatic heterocycles. The number of nitrogens with one attached hydrogen (secondary N) is 1. The molecule has 6 nitrogen and oxygen atoms in total. The number of carbonyl (C=O) groups excluding carboxylic acids is 3. The number of carbonyl (C=O) groups is 3. The van der Waals surface area contributed by atoms with E-state index >= 15 is 0 Å². The molecule has 20 heavy (non-hydrogen) atoms. The van der Waals surface area contributed by atoms with Crippen molar-refractivity contribution in [3.05, 3.63) is 29.3 Å². The first-order valence-electron chi connectivity index (χ1n) is 6.08. The van der Waals surface area contributed by atoms with E-state index in [1.165, 1.54) is 4.90 Å². The van der Waals surface area contributed by atoms with Crippen molar-refractivity contribution in [2.45, 2.75) is 6.42 Å². The number of imide groups is 1. The molecule has 2 rings (SSSR count). The average molecular weight is 296 g/mol. The minimum absolute atomic E-state index is 0.0534. The van der Waals surface area contributed by atoms with Gasteiger partial charge >= 0.3 is 6.03 Å². The van der Waals surface area contributed by atoms with E-state index in [0.29, 0.717) is 10.7 Å². The van der Waals surface area contributed by atoms with Crippen molar-refractivity contribution in [1.29, 1.82) is 0 Å². The summed E-state index contributed by atoms with van der Waals surface area (Å²) < 4.78 is 0. The van der Waals surface area contributed by atoms with Gasteiger partial charge in [-0.2, -0.15) is 0 Å². The van der Waals surface area contributed by atoms with Gasteiger partial charge in [0.25, 0.3) is 0 Å². The molecule has 0 aliphatic carbocycles. The summed E-state index contributed by atoms with van der Waals surface area (Å²) in [6.07, 6.45) is 0.0534. The number of anilines is 1. The van der Waals surface area contributed by atoms with Crippen molar-refractivity contribution >= 4 is 35.1 Å². The lowest BCUT2D eigenvalue weighted by Gasteiger charge is -2.13. The second kappa shape index (κ2) is 5.92. The Balaban J connectivity index is 1.87. The Morgan fingerprint density at radius 3 is 2.75 bits per heavy atom. The van der Waals surface area contributed by atoms with Crippen molar-refractivity contribution in [2.75, 3.05) is 25.5 Å². The molecule has 1 N–H and O–H groups in total. The standard InChI is InChI=1S/C13H14ClN3O3/c1-16-8-12(19)17(13(16)20)6-5-11(18)15-10-4-2-3-9(14)7-10/h2-4,7H,5-6,8H2,1H3,(H,15,18). The third-order valence-corrected chi connectivity index (χ3v) is 3.14. The van der Waals surface area contributed by atoms with Crippen LogP contribution in [0, 0.1) is 0 Å². The number of likely N-dealkylation sites (N-methyl/N-ethyl adjacent to an activating group) is 1. The van der Waals surface area contributed by atoms with E-state index in [1.54, 1.807) is 31.3 Å². The van der Waals surface area contributed by atoms with Crippen LogP contribution < -0.4 is 5.32 Å². The van der Waals surface area contributed by atoms with Crippen molar-refractivity contribution in [3.63, 3.8) is 0 Å². The van der Waals surface area contributed by atoms with Crippen molar-refractivity contribution < 1.29 is 14.4 Å². The van der Waals surface area contributed by atoms with Crippen LogP contribution >= 0.6 is 11.6 Å². The van der Waals surface area contributed by atoms with Gasteiger partial charge in [0, 0.05) is 30.7 Å². The molecule has 1 saturated heterocycles. The highest BCUT2D eigenvalue weighted by Gasteiger charge is 2.33. The Kier molecular flexibility index (Phi) is 4.24. The fraction of sp³-hybridized carbons (Fsp3) is 0.308. The van der Waals surface area contributed by atoms with E-state index in [4.69, 9.17) is 11.6 Å². The molecule has 1 aromatic rings. The topological polar surface area (TPSA) is 69.7 Å². The van der Waals surface area contributed by atoms with E-state index in [1.807, 2.05) is 0 Å². The number of hydrogen-bond acceptors (Lipinski definition) is 3. The Labute approximate surface area is 121 Å². The average Bonchev–Trinajstić information content (AvgIpc) is 2.61. The molecule has 0 spiro atoms. The van der Waals surface area contributed by atoms with Crippen LogP contribution in [0.2, 0.25) is 5.02 Å². The summed E-state index contributed by atoms with van der Waals surface area (Å²) in [4.78, 5) is 37.3. The number of hydrogen-bond donors (Lipinski definition) is 1. The summed E-state index contributed by atoms with van der Waals surface area (Å²) >= 11 is 5.81. The summed E-state index contributed by atoms with van der Waals surface area (Å²) in [5.74, 6) is -0.560. The highest BCUT2D eigenvalue weighted by molar-refractivity contribution is 6.30. The first-order valence-corrected chi connectivity index (χ1v) is 6.46. The minimum atomic E-state index is -0.370. The van der Waals surface area contributed by atoms with Gasteiger partial charge in [-0.25, -0.2) is 4.79 Å². The Hall–Kier alpha value is -2.08. The smallest absolute Gasteiger partial charge is 0.326 e. The highest BCUT2D eigenvalue weighted by atomic mass is 35.5. The quantitative estimate of drug-likeness (QED) is 0.857. The van der Waals surface area contributed by atoms with Crippen LogP contribution in [0.1, 0.15) is 6.42 Å². The van der Waals surface area contributed by atoms with Gasteiger partial charge < -0.3 is 10.2 Å². The fourth-order valence-corrected chi connectivity index (χ4v) is 2.08. The summed E-state index contributed by atoms with van der Waals surface area (Å²) in [6.45, 7) is 0.142. The molecule has 0 atom stereocenters. The second-order valence-corrected chi connectivity index (χ2v) is 4.93. The van der Waals surface area contributed by atoms with Gasteiger partial charge in [-0.15, -0.1) is 0 Å². The number of benzene rings is 1. The molecule has 106 valence electrons. The highest BCUT2D eigenvalue weighted by Crippen LogP contribution is 2.15. The van der Waals surface area contributed by atoms with Gasteiger partial charge in [-0.3, -0.25) is 14.5 Å². The summed E-state index contributed by atoms with van der Waals surface area (Å²) in [5.41, 5.74) is 0.582. The normalized spacial score (nSPS) is 14.9. The van der Waals surface area contributed by atoms with Gasteiger partial charge in [0.1, 0.15) is 6.54 Å². The number of amides is 4. The van der Waals surface area contributed by atoms with Crippen LogP contribution in [0.5, 0.6) is 0 Å². The molecule has 7 heteroatoms. The lowest BCUT2D eigenvalue weighted by atomic mass is 10.3. The second-order valence-electron chi connectivity index (χ2n) is 4.49. The number of rotatable bonds is 4. The zero-order chi connectivity index (χ0) is 14.7. The van der Waals surface area contributed by atoms with E-state index in [2.05, 4.69) is 5.32 Å². The number of halogens is 1. The third-order valence-electron chi connectivity index (χ3n) is 2.90. The summed E-state index contributed by atoms with van der Waals surface area (Å²) in [7, 11) is 1.55.